The SMILES string of the molecule is CC(O)CCNNCCO. The van der Waals surface area contributed by atoms with Crippen molar-refractivity contribution in [2.75, 3.05) is 19.7 Å². The van der Waals surface area contributed by atoms with Crippen LogP contribution in [0.1, 0.15) is 13.3 Å². The molecule has 0 spiro atoms. The first-order valence-electron chi connectivity index (χ1n) is 3.52. The van der Waals surface area contributed by atoms with Gasteiger partial charge in [-0.25, -0.2) is 0 Å². The lowest BCUT2D eigenvalue weighted by molar-refractivity contribution is 0.181. The van der Waals surface area contributed by atoms with Crippen molar-refractivity contribution in [3.05, 3.63) is 0 Å². The van der Waals surface area contributed by atoms with Crippen LogP contribution in [0.2, 0.25) is 0 Å². The number of nitrogens with one attached hydrogen (secondary N) is 2. The van der Waals surface area contributed by atoms with Crippen molar-refractivity contribution in [2.45, 2.75) is 19.4 Å². The van der Waals surface area contributed by atoms with Crippen LogP contribution in [-0.4, -0.2) is 36.0 Å². The zero-order chi connectivity index (χ0) is 7.82. The molecule has 0 radical (unpaired) electrons. The number of hydrogen-bond acceptors (Lipinski definition) is 4. The lowest BCUT2D eigenvalue weighted by atomic mass is 10.3. The molecule has 0 aliphatic heterocycles. The number of hydrazine groups is 1. The van der Waals surface area contributed by atoms with Crippen LogP contribution in [-0.2, 0) is 0 Å². The average Bonchev–Trinajstić information content (AvgIpc) is 1.87. The van der Waals surface area contributed by atoms with Crippen LogP contribution in [0, 0.1) is 0 Å². The molecule has 0 bridgehead atoms. The first kappa shape index (κ1) is 9.84. The molecule has 0 amide bonds. The van der Waals surface area contributed by atoms with Gasteiger partial charge in [-0.3, -0.25) is 10.9 Å². The van der Waals surface area contributed by atoms with Crippen LogP contribution in [0.3, 0.4) is 0 Å². The van der Waals surface area contributed by atoms with Crippen molar-refractivity contribution >= 4 is 0 Å². The number of rotatable bonds is 6. The highest BCUT2D eigenvalue weighted by atomic mass is 16.3. The fourth-order valence-electron chi connectivity index (χ4n) is 0.514. The molecule has 0 aliphatic carbocycles. The minimum absolute atomic E-state index is 0.127. The molecular weight excluding hydrogens is 132 g/mol. The molecule has 0 heterocycles. The van der Waals surface area contributed by atoms with E-state index in [1.165, 1.54) is 0 Å². The number of aliphatic hydroxyl groups excluding tert-OH is 2. The van der Waals surface area contributed by atoms with Crippen molar-refractivity contribution in [1.29, 1.82) is 0 Å². The summed E-state index contributed by atoms with van der Waals surface area (Å²) < 4.78 is 0. The largest absolute Gasteiger partial charge is 0.395 e. The lowest BCUT2D eigenvalue weighted by Gasteiger charge is -2.06. The quantitative estimate of drug-likeness (QED) is 0.283. The molecule has 62 valence electrons. The maximum Gasteiger partial charge on any atom is 0.0569 e. The predicted molar refractivity (Wildman–Crippen MR) is 39.4 cm³/mol. The third kappa shape index (κ3) is 7.84. The van der Waals surface area contributed by atoms with Crippen LogP contribution < -0.4 is 10.9 Å². The van der Waals surface area contributed by atoms with Gasteiger partial charge in [0.05, 0.1) is 12.7 Å². The molecule has 0 saturated heterocycles. The Hall–Kier alpha value is -0.160. The first-order chi connectivity index (χ1) is 4.77. The van der Waals surface area contributed by atoms with Gasteiger partial charge < -0.3 is 10.2 Å². The smallest absolute Gasteiger partial charge is 0.0569 e. The van der Waals surface area contributed by atoms with Gasteiger partial charge in [-0.05, 0) is 13.3 Å². The molecule has 4 nitrogen and oxygen atoms in total. The fourth-order valence-corrected chi connectivity index (χ4v) is 0.514. The second kappa shape index (κ2) is 6.95. The molecule has 0 fully saturated rings. The first-order valence-corrected chi connectivity index (χ1v) is 3.52. The predicted octanol–water partition coefficient (Wildman–Crippen LogP) is -1.16. The summed E-state index contributed by atoms with van der Waals surface area (Å²) in [6.07, 6.45) is 0.460. The van der Waals surface area contributed by atoms with E-state index >= 15 is 0 Å². The average molecular weight is 148 g/mol. The Kier molecular flexibility index (Phi) is 6.84. The summed E-state index contributed by atoms with van der Waals surface area (Å²) in [5.41, 5.74) is 5.63. The second-order valence-corrected chi connectivity index (χ2v) is 2.21. The third-order valence-corrected chi connectivity index (χ3v) is 1.05. The van der Waals surface area contributed by atoms with E-state index in [2.05, 4.69) is 10.9 Å². The van der Waals surface area contributed by atoms with Gasteiger partial charge in [-0.15, -0.1) is 0 Å². The highest BCUT2D eigenvalue weighted by Gasteiger charge is 1.92. The molecular formula is C6H16N2O2. The summed E-state index contributed by atoms with van der Waals surface area (Å²) in [7, 11) is 0. The molecule has 1 atom stereocenters. The summed E-state index contributed by atoms with van der Waals surface area (Å²) in [6.45, 7) is 3.13. The van der Waals surface area contributed by atoms with E-state index < -0.39 is 0 Å². The van der Waals surface area contributed by atoms with Gasteiger partial charge in [0.1, 0.15) is 0 Å². The van der Waals surface area contributed by atoms with Crippen LogP contribution in [0.5, 0.6) is 0 Å². The van der Waals surface area contributed by atoms with E-state index in [0.717, 1.165) is 13.0 Å². The minimum Gasteiger partial charge on any atom is -0.395 e. The molecule has 0 rings (SSSR count). The Morgan fingerprint density at radius 1 is 1.30 bits per heavy atom. The Morgan fingerprint density at radius 2 is 1.90 bits per heavy atom. The van der Waals surface area contributed by atoms with Gasteiger partial charge in [0.25, 0.3) is 0 Å². The topological polar surface area (TPSA) is 64.5 Å². The Balaban J connectivity index is 2.77. The molecule has 1 unspecified atom stereocenters. The summed E-state index contributed by atoms with van der Waals surface area (Å²) in [5, 5.41) is 17.1. The van der Waals surface area contributed by atoms with E-state index in [4.69, 9.17) is 10.2 Å². The second-order valence-electron chi connectivity index (χ2n) is 2.21. The summed E-state index contributed by atoms with van der Waals surface area (Å²) in [4.78, 5) is 0. The van der Waals surface area contributed by atoms with Gasteiger partial charge >= 0.3 is 0 Å². The monoisotopic (exact) mass is 148 g/mol. The molecule has 4 N–H and O–H groups in total. The molecule has 10 heavy (non-hydrogen) atoms. The van der Waals surface area contributed by atoms with Crippen molar-refractivity contribution in [2.24, 2.45) is 0 Å². The molecule has 0 saturated carbocycles. The van der Waals surface area contributed by atoms with Crippen LogP contribution in [0.25, 0.3) is 0 Å². The number of hydrogen-bond donors (Lipinski definition) is 4. The number of aliphatic hydroxyl groups is 2. The maximum absolute atomic E-state index is 8.79. The van der Waals surface area contributed by atoms with E-state index in [0.29, 0.717) is 6.54 Å². The van der Waals surface area contributed by atoms with Crippen LogP contribution in [0.15, 0.2) is 0 Å². The van der Waals surface area contributed by atoms with Gasteiger partial charge in [0.15, 0.2) is 0 Å². The minimum atomic E-state index is -0.261. The Bertz CT molecular complexity index is 68.8. The van der Waals surface area contributed by atoms with E-state index in [-0.39, 0.29) is 12.7 Å². The summed E-state index contributed by atoms with van der Waals surface area (Å²) in [6, 6.07) is 0. The van der Waals surface area contributed by atoms with Crippen LogP contribution >= 0.6 is 0 Å². The zero-order valence-corrected chi connectivity index (χ0v) is 6.30. The van der Waals surface area contributed by atoms with Crippen LogP contribution in [0.4, 0.5) is 0 Å². The van der Waals surface area contributed by atoms with Gasteiger partial charge in [0.2, 0.25) is 0 Å². The Labute approximate surface area is 61.2 Å². The van der Waals surface area contributed by atoms with Crippen molar-refractivity contribution in [1.82, 2.24) is 10.9 Å². The fraction of sp³-hybridized carbons (Fsp3) is 1.00. The molecule has 0 aromatic rings. The highest BCUT2D eigenvalue weighted by Crippen LogP contribution is 1.83. The van der Waals surface area contributed by atoms with Crippen molar-refractivity contribution < 1.29 is 10.2 Å². The Morgan fingerprint density at radius 3 is 2.40 bits per heavy atom. The van der Waals surface area contributed by atoms with Gasteiger partial charge in [-0.2, -0.15) is 0 Å². The molecule has 0 aromatic carbocycles. The van der Waals surface area contributed by atoms with E-state index in [9.17, 15) is 0 Å². The standard InChI is InChI=1S/C6H16N2O2/c1-6(10)2-3-7-8-4-5-9/h6-10H,2-5H2,1H3. The molecule has 4 heteroatoms. The van der Waals surface area contributed by atoms with E-state index in [1.807, 2.05) is 0 Å². The van der Waals surface area contributed by atoms with Crippen molar-refractivity contribution in [3.63, 3.8) is 0 Å². The van der Waals surface area contributed by atoms with Crippen molar-refractivity contribution in [3.8, 4) is 0 Å². The van der Waals surface area contributed by atoms with Gasteiger partial charge in [0, 0.05) is 13.1 Å². The lowest BCUT2D eigenvalue weighted by Crippen LogP contribution is -2.35. The zero-order valence-electron chi connectivity index (χ0n) is 6.30. The summed E-state index contributed by atoms with van der Waals surface area (Å²) in [5.74, 6) is 0. The highest BCUT2D eigenvalue weighted by molar-refractivity contribution is 4.48. The summed E-state index contributed by atoms with van der Waals surface area (Å²) >= 11 is 0. The van der Waals surface area contributed by atoms with E-state index in [1.54, 1.807) is 6.92 Å². The third-order valence-electron chi connectivity index (χ3n) is 1.05. The normalized spacial score (nSPS) is 13.5. The maximum atomic E-state index is 8.79. The van der Waals surface area contributed by atoms with Gasteiger partial charge in [-0.1, -0.05) is 0 Å². The molecule has 0 aliphatic rings. The molecule has 0 aromatic heterocycles.